The number of para-hydroxylation sites is 2. The fraction of sp³-hybridized carbons (Fsp3) is 0.302. The van der Waals surface area contributed by atoms with Gasteiger partial charge in [0.25, 0.3) is 17.7 Å². The van der Waals surface area contributed by atoms with Gasteiger partial charge in [0.15, 0.2) is 5.82 Å². The lowest BCUT2D eigenvalue weighted by Crippen LogP contribution is -2.59. The number of aromatic nitrogens is 1. The van der Waals surface area contributed by atoms with Crippen LogP contribution in [0.25, 0.3) is 10.4 Å². The topological polar surface area (TPSA) is 122 Å². The molecule has 3 aliphatic heterocycles. The second kappa shape index (κ2) is 15.8. The van der Waals surface area contributed by atoms with E-state index in [0.717, 1.165) is 66.4 Å². The molecule has 11 nitrogen and oxygen atoms in total. The number of methoxy groups -OCH3 is 1. The Kier molecular flexibility index (Phi) is 10.6. The molecule has 0 atom stereocenters. The zero-order chi connectivity index (χ0) is 38.8. The van der Waals surface area contributed by atoms with Crippen molar-refractivity contribution in [1.82, 2.24) is 4.98 Å². The van der Waals surface area contributed by atoms with Crippen molar-refractivity contribution < 1.29 is 33.0 Å². The number of aryl methyl sites for hydroxylation is 1. The summed E-state index contributed by atoms with van der Waals surface area (Å²) in [5, 5.41) is 5.71. The third-order valence-corrected chi connectivity index (χ3v) is 11.8. The average molecular weight is 776 g/mol. The Balaban J connectivity index is 0.963. The number of ether oxygens (including phenoxy) is 3. The monoisotopic (exact) mass is 775 g/mol. The van der Waals surface area contributed by atoms with Crippen LogP contribution in [0.2, 0.25) is 0 Å². The van der Waals surface area contributed by atoms with Crippen molar-refractivity contribution in [2.45, 2.75) is 26.2 Å². The van der Waals surface area contributed by atoms with Gasteiger partial charge in [0, 0.05) is 73.3 Å². The van der Waals surface area contributed by atoms with Crippen LogP contribution in [0.15, 0.2) is 85.1 Å². The summed E-state index contributed by atoms with van der Waals surface area (Å²) in [5.74, 6) is -0.610. The van der Waals surface area contributed by atoms with Crippen LogP contribution in [-0.2, 0) is 15.9 Å². The Morgan fingerprint density at radius 3 is 2.52 bits per heavy atom. The molecule has 0 aliphatic carbocycles. The average Bonchev–Trinajstić information content (AvgIpc) is 3.57. The maximum atomic E-state index is 14.9. The van der Waals surface area contributed by atoms with Gasteiger partial charge in [-0.25, -0.2) is 9.37 Å². The molecule has 2 saturated heterocycles. The number of nitrogens with one attached hydrogen (secondary N) is 2. The molecule has 3 aliphatic rings. The number of benzene rings is 3. The first-order valence-electron chi connectivity index (χ1n) is 18.7. The molecule has 3 aromatic carbocycles. The van der Waals surface area contributed by atoms with Crippen molar-refractivity contribution in [3.8, 4) is 16.2 Å². The first-order chi connectivity index (χ1) is 27.2. The Bertz CT molecular complexity index is 2280. The van der Waals surface area contributed by atoms with Crippen molar-refractivity contribution in [3.63, 3.8) is 0 Å². The molecule has 2 fully saturated rings. The third kappa shape index (κ3) is 7.49. The van der Waals surface area contributed by atoms with E-state index >= 15 is 0 Å². The smallest absolute Gasteiger partial charge is 0.265 e. The van der Waals surface area contributed by atoms with Gasteiger partial charge in [0.05, 0.1) is 22.7 Å². The molecule has 5 heterocycles. The lowest BCUT2D eigenvalue weighted by Gasteiger charge is -2.53. The zero-order valence-electron chi connectivity index (χ0n) is 31.2. The summed E-state index contributed by atoms with van der Waals surface area (Å²) >= 11 is 1.30. The Labute approximate surface area is 328 Å². The highest BCUT2D eigenvalue weighted by molar-refractivity contribution is 7.17. The number of carbonyl (C=O) groups is 3. The first kappa shape index (κ1) is 37.3. The normalized spacial score (nSPS) is 15.6. The number of amides is 3. The molecule has 3 amide bonds. The number of hydrogen-bond donors (Lipinski definition) is 2. The van der Waals surface area contributed by atoms with Gasteiger partial charge in [-0.15, -0.1) is 11.3 Å². The van der Waals surface area contributed by atoms with Crippen LogP contribution in [-0.4, -0.2) is 75.9 Å². The fourth-order valence-corrected chi connectivity index (χ4v) is 8.78. The number of carbonyl (C=O) groups excluding carboxylic acids is 3. The summed E-state index contributed by atoms with van der Waals surface area (Å²) in [7, 11) is 1.54. The highest BCUT2D eigenvalue weighted by atomic mass is 32.1. The molecule has 5 aromatic rings. The number of hydrogen-bond acceptors (Lipinski definition) is 9. The van der Waals surface area contributed by atoms with E-state index < -0.39 is 11.7 Å². The Morgan fingerprint density at radius 1 is 0.946 bits per heavy atom. The van der Waals surface area contributed by atoms with E-state index in [0.29, 0.717) is 47.1 Å². The molecule has 0 unspecified atom stereocenters. The van der Waals surface area contributed by atoms with Gasteiger partial charge in [0.2, 0.25) is 0 Å². The maximum Gasteiger partial charge on any atom is 0.265 e. The van der Waals surface area contributed by atoms with E-state index in [1.165, 1.54) is 23.5 Å². The third-order valence-electron chi connectivity index (χ3n) is 10.6. The van der Waals surface area contributed by atoms with Gasteiger partial charge in [-0.3, -0.25) is 14.4 Å². The van der Waals surface area contributed by atoms with Crippen molar-refractivity contribution in [3.05, 3.63) is 118 Å². The number of halogens is 1. The first-order valence-corrected chi connectivity index (χ1v) is 19.5. The Hall–Kier alpha value is -5.63. The van der Waals surface area contributed by atoms with Crippen molar-refractivity contribution in [1.29, 1.82) is 0 Å². The van der Waals surface area contributed by atoms with Crippen molar-refractivity contribution >= 4 is 51.9 Å². The molecule has 1 spiro atoms. The van der Waals surface area contributed by atoms with Crippen LogP contribution in [0.1, 0.15) is 54.4 Å². The van der Waals surface area contributed by atoms with Gasteiger partial charge < -0.3 is 34.6 Å². The molecule has 56 heavy (non-hydrogen) atoms. The molecule has 0 radical (unpaired) electrons. The highest BCUT2D eigenvalue weighted by Crippen LogP contribution is 2.44. The van der Waals surface area contributed by atoms with Gasteiger partial charge in [-0.05, 0) is 91.9 Å². The van der Waals surface area contributed by atoms with Gasteiger partial charge in [-0.2, -0.15) is 0 Å². The van der Waals surface area contributed by atoms with Gasteiger partial charge >= 0.3 is 0 Å². The van der Waals surface area contributed by atoms with Crippen LogP contribution in [0.5, 0.6) is 5.75 Å². The molecule has 288 valence electrons. The lowest BCUT2D eigenvalue weighted by atomic mass is 9.73. The fourth-order valence-electron chi connectivity index (χ4n) is 7.64. The number of rotatable bonds is 10. The standard InChI is InChI=1S/C43H42FN5O6S/c1-27-22-32(39(45-24-27)48-25-43(26-48)15-18-54-19-16-43)40(50)46-30-12-10-28(11-13-30)42(52)49-17-14-29-23-36(56-38(29)31-6-3-4-8-34(31)49)41(51)47-37-33(44)7-5-9-35(37)55-21-20-53-2/h3-13,22-24H,14-21,25-26H2,1-2H3,(H,46,50)(H,47,51). The SMILES string of the molecule is COCCOc1cccc(F)c1NC(=O)c1cc2c(s1)-c1ccccc1N(C(=O)c1ccc(NC(=O)c3cc(C)cnc3N3CC4(CCOCC4)C3)cc1)CC2. The summed E-state index contributed by atoms with van der Waals surface area (Å²) in [5.41, 5.74) is 5.11. The summed E-state index contributed by atoms with van der Waals surface area (Å²) in [6.45, 7) is 6.07. The van der Waals surface area contributed by atoms with E-state index in [9.17, 15) is 18.8 Å². The summed E-state index contributed by atoms with van der Waals surface area (Å²) < 4.78 is 31.1. The molecule has 2 N–H and O–H groups in total. The zero-order valence-corrected chi connectivity index (χ0v) is 32.0. The van der Waals surface area contributed by atoms with Crippen LogP contribution in [0.4, 0.5) is 27.3 Å². The molecule has 8 rings (SSSR count). The van der Waals surface area contributed by atoms with Crippen LogP contribution in [0.3, 0.4) is 0 Å². The second-order valence-corrected chi connectivity index (χ2v) is 15.5. The van der Waals surface area contributed by atoms with E-state index in [4.69, 9.17) is 14.2 Å². The van der Waals surface area contributed by atoms with Gasteiger partial charge in [-0.1, -0.05) is 24.3 Å². The summed E-state index contributed by atoms with van der Waals surface area (Å²) in [6, 6.07) is 22.6. The minimum Gasteiger partial charge on any atom is -0.489 e. The minimum atomic E-state index is -0.607. The largest absolute Gasteiger partial charge is 0.489 e. The quantitative estimate of drug-likeness (QED) is 0.139. The number of nitrogens with zero attached hydrogens (tertiary/aromatic N) is 3. The van der Waals surface area contributed by atoms with Crippen molar-refractivity contribution in [2.75, 3.05) is 73.6 Å². The molecule has 0 bridgehead atoms. The van der Waals surface area contributed by atoms with E-state index in [1.54, 1.807) is 48.5 Å². The summed E-state index contributed by atoms with van der Waals surface area (Å²) in [6.07, 6.45) is 4.33. The van der Waals surface area contributed by atoms with E-state index in [1.807, 2.05) is 43.3 Å². The van der Waals surface area contributed by atoms with E-state index in [2.05, 4.69) is 20.5 Å². The van der Waals surface area contributed by atoms with Gasteiger partial charge in [0.1, 0.15) is 23.9 Å². The predicted molar refractivity (Wildman–Crippen MR) is 215 cm³/mol. The van der Waals surface area contributed by atoms with E-state index in [-0.39, 0.29) is 35.3 Å². The maximum absolute atomic E-state index is 14.9. The lowest BCUT2D eigenvalue weighted by molar-refractivity contribution is -0.000511. The molecule has 2 aromatic heterocycles. The molecule has 0 saturated carbocycles. The van der Waals surface area contributed by atoms with Crippen LogP contribution in [0, 0.1) is 18.2 Å². The molecular formula is C43H42FN5O6S. The molecule has 13 heteroatoms. The number of thiophene rings is 1. The summed E-state index contributed by atoms with van der Waals surface area (Å²) in [4.78, 5) is 51.1. The van der Waals surface area contributed by atoms with Crippen LogP contribution >= 0.6 is 11.3 Å². The van der Waals surface area contributed by atoms with Crippen LogP contribution < -0.4 is 25.2 Å². The highest BCUT2D eigenvalue weighted by Gasteiger charge is 2.45. The minimum absolute atomic E-state index is 0.0350. The number of fused-ring (bicyclic) bond motifs is 3. The second-order valence-electron chi connectivity index (χ2n) is 14.5. The number of anilines is 4. The number of pyridine rings is 1. The Morgan fingerprint density at radius 2 is 1.73 bits per heavy atom. The van der Waals surface area contributed by atoms with Crippen molar-refractivity contribution in [2.24, 2.45) is 5.41 Å². The predicted octanol–water partition coefficient (Wildman–Crippen LogP) is 7.61. The molecular weight excluding hydrogens is 734 g/mol.